The van der Waals surface area contributed by atoms with E-state index in [1.54, 1.807) is 35.5 Å². The SMILES string of the molecule is CS(=O)(=O)CCc1cc(F)cc(-c2ccnc3nc(-c4[nH]nc5c(F)cc(-c6cncc(CN7CCC(F)(F)C7)c6)cc45)[nH]c23)c1. The summed E-state index contributed by atoms with van der Waals surface area (Å²) in [6, 6.07) is 11.0. The van der Waals surface area contributed by atoms with Gasteiger partial charge in [-0.25, -0.2) is 35.9 Å². The molecule has 0 spiro atoms. The molecular formula is C32H27F4N7O2S. The molecule has 1 saturated heterocycles. The van der Waals surface area contributed by atoms with Gasteiger partial charge in [0.1, 0.15) is 26.9 Å². The van der Waals surface area contributed by atoms with Crippen molar-refractivity contribution in [3.8, 4) is 33.8 Å². The molecule has 0 aliphatic carbocycles. The third kappa shape index (κ3) is 6.09. The Kier molecular flexibility index (Phi) is 7.35. The van der Waals surface area contributed by atoms with E-state index in [1.807, 2.05) is 6.07 Å². The second-order valence-corrected chi connectivity index (χ2v) is 14.0. The number of alkyl halides is 2. The predicted octanol–water partition coefficient (Wildman–Crippen LogP) is 5.94. The summed E-state index contributed by atoms with van der Waals surface area (Å²) in [6.45, 7) is 0.276. The van der Waals surface area contributed by atoms with Gasteiger partial charge >= 0.3 is 0 Å². The fraction of sp³-hybridized carbons (Fsp3) is 0.250. The van der Waals surface area contributed by atoms with Gasteiger partial charge in [-0.15, -0.1) is 0 Å². The van der Waals surface area contributed by atoms with Crippen LogP contribution in [0.25, 0.3) is 55.8 Å². The normalized spacial score (nSPS) is 15.3. The highest BCUT2D eigenvalue weighted by Crippen LogP contribution is 2.35. The maximum Gasteiger partial charge on any atom is 0.261 e. The first kappa shape index (κ1) is 30.0. The minimum absolute atomic E-state index is 0.0939. The van der Waals surface area contributed by atoms with Gasteiger partial charge in [0.15, 0.2) is 17.3 Å². The Morgan fingerprint density at radius 3 is 2.61 bits per heavy atom. The summed E-state index contributed by atoms with van der Waals surface area (Å²) in [5.74, 6) is -3.58. The van der Waals surface area contributed by atoms with E-state index in [4.69, 9.17) is 0 Å². The maximum absolute atomic E-state index is 15.4. The largest absolute Gasteiger partial charge is 0.335 e. The third-order valence-corrected chi connectivity index (χ3v) is 9.00. The first-order chi connectivity index (χ1) is 21.9. The molecule has 2 N–H and O–H groups in total. The fourth-order valence-corrected chi connectivity index (χ4v) is 6.48. The maximum atomic E-state index is 15.4. The smallest absolute Gasteiger partial charge is 0.261 e. The Balaban J connectivity index is 1.24. The van der Waals surface area contributed by atoms with Crippen LogP contribution in [0.2, 0.25) is 0 Å². The minimum atomic E-state index is -3.24. The summed E-state index contributed by atoms with van der Waals surface area (Å²) in [7, 11) is -3.24. The highest BCUT2D eigenvalue weighted by atomic mass is 32.2. The number of sulfone groups is 1. The molecule has 0 unspecified atom stereocenters. The van der Waals surface area contributed by atoms with Crippen LogP contribution in [-0.4, -0.2) is 74.5 Å². The van der Waals surface area contributed by atoms with Gasteiger partial charge in [-0.05, 0) is 65.1 Å². The topological polar surface area (TPSA) is 121 Å². The van der Waals surface area contributed by atoms with Crippen molar-refractivity contribution in [2.75, 3.05) is 25.1 Å². The van der Waals surface area contributed by atoms with Crippen molar-refractivity contribution in [1.82, 2.24) is 35.0 Å². The van der Waals surface area contributed by atoms with Crippen LogP contribution >= 0.6 is 0 Å². The Labute approximate surface area is 260 Å². The molecule has 7 rings (SSSR count). The Morgan fingerprint density at radius 2 is 1.83 bits per heavy atom. The molecule has 6 aromatic rings. The molecule has 0 atom stereocenters. The number of fused-ring (bicyclic) bond motifs is 2. The molecule has 236 valence electrons. The van der Waals surface area contributed by atoms with Crippen LogP contribution in [0.4, 0.5) is 17.6 Å². The summed E-state index contributed by atoms with van der Waals surface area (Å²) in [4.78, 5) is 18.1. The molecule has 0 saturated carbocycles. The number of H-pyrrole nitrogens is 2. The zero-order chi connectivity index (χ0) is 32.2. The Hall–Kier alpha value is -4.69. The molecule has 0 bridgehead atoms. The van der Waals surface area contributed by atoms with Crippen LogP contribution in [0, 0.1) is 11.6 Å². The summed E-state index contributed by atoms with van der Waals surface area (Å²) < 4.78 is 80.7. The number of aryl methyl sites for hydroxylation is 1. The standard InChI is InChI=1S/C32H27F4N7O2S/c1-46(44,45)7-3-18-8-21(11-23(33)10-18)24-2-5-38-30-28(24)39-31(40-30)29-25-12-20(13-26(34)27(25)41-42-29)22-9-19(14-37-15-22)16-43-6-4-32(35,36)17-43/h2,5,8-15H,3-4,6-7,16-17H2,1H3,(H,41,42)(H,38,39,40). The number of aromatic nitrogens is 6. The molecule has 0 amide bonds. The zero-order valence-electron chi connectivity index (χ0n) is 24.5. The van der Waals surface area contributed by atoms with Crippen molar-refractivity contribution >= 4 is 31.9 Å². The van der Waals surface area contributed by atoms with E-state index in [9.17, 15) is 21.6 Å². The van der Waals surface area contributed by atoms with Gasteiger partial charge in [-0.2, -0.15) is 5.10 Å². The summed E-state index contributed by atoms with van der Waals surface area (Å²) in [6.07, 6.45) is 5.85. The van der Waals surface area contributed by atoms with Crippen LogP contribution < -0.4 is 0 Å². The highest BCUT2D eigenvalue weighted by Gasteiger charge is 2.38. The van der Waals surface area contributed by atoms with Crippen molar-refractivity contribution < 1.29 is 26.0 Å². The van der Waals surface area contributed by atoms with Crippen LogP contribution in [0.3, 0.4) is 0 Å². The molecule has 5 heterocycles. The fourth-order valence-electron chi connectivity index (χ4n) is 5.88. The van der Waals surface area contributed by atoms with E-state index in [0.717, 1.165) is 11.8 Å². The molecule has 2 aromatic carbocycles. The number of nitrogens with one attached hydrogen (secondary N) is 2. The van der Waals surface area contributed by atoms with Gasteiger partial charge in [-0.1, -0.05) is 6.07 Å². The number of benzene rings is 2. The lowest BCUT2D eigenvalue weighted by atomic mass is 10.0. The molecule has 1 aliphatic heterocycles. The summed E-state index contributed by atoms with van der Waals surface area (Å²) in [5, 5.41) is 7.47. The minimum Gasteiger partial charge on any atom is -0.335 e. The van der Waals surface area contributed by atoms with Crippen LogP contribution in [-0.2, 0) is 22.8 Å². The number of hydrogen-bond donors (Lipinski definition) is 2. The summed E-state index contributed by atoms with van der Waals surface area (Å²) in [5.41, 5.74) is 4.83. The van der Waals surface area contributed by atoms with Crippen LogP contribution in [0.5, 0.6) is 0 Å². The quantitative estimate of drug-likeness (QED) is 0.196. The van der Waals surface area contributed by atoms with Crippen LogP contribution in [0.15, 0.2) is 61.1 Å². The van der Waals surface area contributed by atoms with E-state index < -0.39 is 27.4 Å². The molecule has 9 nitrogen and oxygen atoms in total. The first-order valence-corrected chi connectivity index (χ1v) is 16.5. The van der Waals surface area contributed by atoms with Crippen molar-refractivity contribution in [2.24, 2.45) is 0 Å². The number of nitrogens with zero attached hydrogens (tertiary/aromatic N) is 5. The van der Waals surface area contributed by atoms with Gasteiger partial charge in [0.05, 0.1) is 17.8 Å². The van der Waals surface area contributed by atoms with E-state index in [2.05, 4.69) is 30.1 Å². The lowest BCUT2D eigenvalue weighted by Crippen LogP contribution is -2.24. The molecular weight excluding hydrogens is 622 g/mol. The average molecular weight is 650 g/mol. The number of imidazole rings is 1. The number of rotatable bonds is 8. The number of pyridine rings is 2. The third-order valence-electron chi connectivity index (χ3n) is 8.05. The van der Waals surface area contributed by atoms with Gasteiger partial charge in [-0.3, -0.25) is 15.0 Å². The molecule has 0 radical (unpaired) electrons. The lowest BCUT2D eigenvalue weighted by molar-refractivity contribution is 0.0115. The molecule has 1 aliphatic rings. The van der Waals surface area contributed by atoms with E-state index in [-0.39, 0.29) is 37.2 Å². The van der Waals surface area contributed by atoms with Gasteiger partial charge in [0.2, 0.25) is 0 Å². The second-order valence-electron chi connectivity index (χ2n) is 11.7. The second kappa shape index (κ2) is 11.3. The van der Waals surface area contributed by atoms with Gasteiger partial charge in [0.25, 0.3) is 5.92 Å². The molecule has 46 heavy (non-hydrogen) atoms. The molecule has 14 heteroatoms. The predicted molar refractivity (Wildman–Crippen MR) is 166 cm³/mol. The Bertz CT molecular complexity index is 2230. The van der Waals surface area contributed by atoms with Crippen LogP contribution in [0.1, 0.15) is 17.5 Å². The lowest BCUT2D eigenvalue weighted by Gasteiger charge is -2.15. The number of hydrogen-bond acceptors (Lipinski definition) is 7. The number of halogens is 4. The van der Waals surface area contributed by atoms with Crippen molar-refractivity contribution in [3.05, 3.63) is 83.8 Å². The first-order valence-electron chi connectivity index (χ1n) is 14.5. The number of aromatic amines is 2. The van der Waals surface area contributed by atoms with Crippen molar-refractivity contribution in [2.45, 2.75) is 25.3 Å². The van der Waals surface area contributed by atoms with E-state index >= 15 is 4.39 Å². The molecule has 4 aromatic heterocycles. The van der Waals surface area contributed by atoms with Gasteiger partial charge < -0.3 is 4.98 Å². The van der Waals surface area contributed by atoms with Crippen molar-refractivity contribution in [1.29, 1.82) is 0 Å². The molecule has 1 fully saturated rings. The summed E-state index contributed by atoms with van der Waals surface area (Å²) >= 11 is 0. The Morgan fingerprint density at radius 1 is 1.00 bits per heavy atom. The van der Waals surface area contributed by atoms with E-state index in [0.29, 0.717) is 62.4 Å². The van der Waals surface area contributed by atoms with Gasteiger partial charge in [0, 0.05) is 60.9 Å². The highest BCUT2D eigenvalue weighted by molar-refractivity contribution is 7.90. The van der Waals surface area contributed by atoms with Crippen molar-refractivity contribution in [3.63, 3.8) is 0 Å². The average Bonchev–Trinajstić information content (AvgIpc) is 3.71. The number of likely N-dealkylation sites (tertiary alicyclic amines) is 1. The monoisotopic (exact) mass is 649 g/mol. The zero-order valence-corrected chi connectivity index (χ0v) is 25.3. The van der Waals surface area contributed by atoms with E-state index in [1.165, 1.54) is 24.4 Å².